The number of hydrogen-bond donors (Lipinski definition) is 0. The lowest BCUT2D eigenvalue weighted by atomic mass is 9.92. The van der Waals surface area contributed by atoms with Gasteiger partial charge in [0.25, 0.3) is 0 Å². The van der Waals surface area contributed by atoms with Crippen LogP contribution in [0.15, 0.2) is 0 Å². The summed E-state index contributed by atoms with van der Waals surface area (Å²) in [4.78, 5) is 11.2. The lowest BCUT2D eigenvalue weighted by Crippen LogP contribution is -2.17. The highest BCUT2D eigenvalue weighted by Crippen LogP contribution is 2.18. The normalized spacial score (nSPS) is 15.3. The van der Waals surface area contributed by atoms with Gasteiger partial charge < -0.3 is 4.74 Å². The summed E-state index contributed by atoms with van der Waals surface area (Å²) >= 11 is 0. The van der Waals surface area contributed by atoms with E-state index < -0.39 is 0 Å². The first-order valence-corrected chi connectivity index (χ1v) is 4.73. The van der Waals surface area contributed by atoms with Gasteiger partial charge in [0.15, 0.2) is 0 Å². The predicted octanol–water partition coefficient (Wildman–Crippen LogP) is 2.62. The van der Waals surface area contributed by atoms with Crippen molar-refractivity contribution in [1.29, 1.82) is 0 Å². The summed E-state index contributed by atoms with van der Waals surface area (Å²) in [6, 6.07) is 0. The highest BCUT2D eigenvalue weighted by molar-refractivity contribution is 5.72. The maximum Gasteiger partial charge on any atom is 0.308 e. The molecule has 0 saturated carbocycles. The lowest BCUT2D eigenvalue weighted by molar-refractivity contribution is -0.146. The number of rotatable bonds is 5. The number of methoxy groups -OCH3 is 1. The molecule has 0 radical (unpaired) electrons. The van der Waals surface area contributed by atoms with Gasteiger partial charge in [-0.2, -0.15) is 0 Å². The Kier molecular flexibility index (Phi) is 5.77. The molecule has 2 nitrogen and oxygen atoms in total. The van der Waals surface area contributed by atoms with Crippen LogP contribution in [0.1, 0.15) is 40.0 Å². The van der Waals surface area contributed by atoms with Crippen LogP contribution in [0, 0.1) is 11.8 Å². The number of esters is 1. The quantitative estimate of drug-likeness (QED) is 0.596. The van der Waals surface area contributed by atoms with Crippen molar-refractivity contribution in [3.8, 4) is 0 Å². The molecule has 0 aromatic carbocycles. The maximum absolute atomic E-state index is 11.2. The van der Waals surface area contributed by atoms with E-state index in [9.17, 15) is 4.79 Å². The van der Waals surface area contributed by atoms with Gasteiger partial charge in [-0.15, -0.1) is 0 Å². The van der Waals surface area contributed by atoms with Gasteiger partial charge >= 0.3 is 5.97 Å². The second kappa shape index (κ2) is 6.04. The van der Waals surface area contributed by atoms with E-state index in [0.717, 1.165) is 19.3 Å². The average Bonchev–Trinajstić information content (AvgIpc) is 2.12. The van der Waals surface area contributed by atoms with Gasteiger partial charge in [0.05, 0.1) is 13.0 Å². The van der Waals surface area contributed by atoms with Crippen molar-refractivity contribution in [3.05, 3.63) is 0 Å². The second-order valence-corrected chi connectivity index (χ2v) is 3.38. The Morgan fingerprint density at radius 3 is 2.25 bits per heavy atom. The molecule has 0 saturated heterocycles. The van der Waals surface area contributed by atoms with Gasteiger partial charge in [-0.25, -0.2) is 0 Å². The molecular formula is C10H20O2. The Labute approximate surface area is 75.3 Å². The first-order valence-electron chi connectivity index (χ1n) is 4.73. The number of carbonyl (C=O) groups excluding carboxylic acids is 1. The second-order valence-electron chi connectivity index (χ2n) is 3.38. The van der Waals surface area contributed by atoms with Gasteiger partial charge in [-0.05, 0) is 18.8 Å². The molecular weight excluding hydrogens is 152 g/mol. The fraction of sp³-hybridized carbons (Fsp3) is 0.900. The van der Waals surface area contributed by atoms with Crippen LogP contribution >= 0.6 is 0 Å². The van der Waals surface area contributed by atoms with Crippen molar-refractivity contribution in [2.24, 2.45) is 11.8 Å². The average molecular weight is 172 g/mol. The molecule has 0 N–H and O–H groups in total. The molecule has 0 bridgehead atoms. The van der Waals surface area contributed by atoms with Crippen molar-refractivity contribution < 1.29 is 9.53 Å². The van der Waals surface area contributed by atoms with E-state index in [1.54, 1.807) is 0 Å². The third kappa shape index (κ3) is 3.74. The molecule has 0 aliphatic rings. The van der Waals surface area contributed by atoms with Crippen LogP contribution in [-0.4, -0.2) is 13.1 Å². The third-order valence-electron chi connectivity index (χ3n) is 2.41. The van der Waals surface area contributed by atoms with Crippen LogP contribution in [0.4, 0.5) is 0 Å². The standard InChI is InChI=1S/C10H20O2/c1-5-8(3)7-9(6-2)10(11)12-4/h8-9H,5-7H2,1-4H3. The fourth-order valence-corrected chi connectivity index (χ4v) is 1.25. The van der Waals surface area contributed by atoms with Crippen LogP contribution in [0.3, 0.4) is 0 Å². The molecule has 12 heavy (non-hydrogen) atoms. The number of hydrogen-bond acceptors (Lipinski definition) is 2. The molecule has 2 atom stereocenters. The molecule has 0 fully saturated rings. The Morgan fingerprint density at radius 1 is 1.33 bits per heavy atom. The SMILES string of the molecule is CCC(C)CC(CC)C(=O)OC. The predicted molar refractivity (Wildman–Crippen MR) is 49.9 cm³/mol. The lowest BCUT2D eigenvalue weighted by Gasteiger charge is -2.15. The Bertz CT molecular complexity index is 132. The molecule has 0 aromatic heterocycles. The van der Waals surface area contributed by atoms with Crippen LogP contribution in [0.2, 0.25) is 0 Å². The first kappa shape index (κ1) is 11.5. The molecule has 2 heteroatoms. The van der Waals surface area contributed by atoms with Crippen molar-refractivity contribution >= 4 is 5.97 Å². The third-order valence-corrected chi connectivity index (χ3v) is 2.41. The van der Waals surface area contributed by atoms with E-state index in [0.29, 0.717) is 5.92 Å². The van der Waals surface area contributed by atoms with Crippen molar-refractivity contribution in [2.75, 3.05) is 7.11 Å². The van der Waals surface area contributed by atoms with Gasteiger partial charge in [0.1, 0.15) is 0 Å². The summed E-state index contributed by atoms with van der Waals surface area (Å²) in [7, 11) is 1.46. The van der Waals surface area contributed by atoms with E-state index in [-0.39, 0.29) is 11.9 Å². The largest absolute Gasteiger partial charge is 0.469 e. The molecule has 0 heterocycles. The Morgan fingerprint density at radius 2 is 1.92 bits per heavy atom. The number of carbonyl (C=O) groups is 1. The van der Waals surface area contributed by atoms with E-state index in [1.807, 2.05) is 6.92 Å². The molecule has 0 aromatic rings. The first-order chi connectivity index (χ1) is 5.65. The summed E-state index contributed by atoms with van der Waals surface area (Å²) < 4.78 is 4.71. The molecule has 0 aliphatic heterocycles. The Hall–Kier alpha value is -0.530. The van der Waals surface area contributed by atoms with Gasteiger partial charge in [-0.1, -0.05) is 27.2 Å². The monoisotopic (exact) mass is 172 g/mol. The summed E-state index contributed by atoms with van der Waals surface area (Å²) in [6.45, 7) is 6.35. The maximum atomic E-state index is 11.2. The summed E-state index contributed by atoms with van der Waals surface area (Å²) in [5, 5.41) is 0. The highest BCUT2D eigenvalue weighted by atomic mass is 16.5. The highest BCUT2D eigenvalue weighted by Gasteiger charge is 2.18. The summed E-state index contributed by atoms with van der Waals surface area (Å²) in [5.41, 5.74) is 0. The molecule has 0 aliphatic carbocycles. The molecule has 0 rings (SSSR count). The zero-order chi connectivity index (χ0) is 9.56. The molecule has 0 spiro atoms. The van der Waals surface area contributed by atoms with Crippen molar-refractivity contribution in [1.82, 2.24) is 0 Å². The van der Waals surface area contributed by atoms with Crippen LogP contribution in [0.25, 0.3) is 0 Å². The topological polar surface area (TPSA) is 26.3 Å². The minimum atomic E-state index is -0.0576. The van der Waals surface area contributed by atoms with Crippen LogP contribution in [-0.2, 0) is 9.53 Å². The molecule has 2 unspecified atom stereocenters. The zero-order valence-corrected chi connectivity index (χ0v) is 8.59. The van der Waals surface area contributed by atoms with Crippen molar-refractivity contribution in [3.63, 3.8) is 0 Å². The smallest absolute Gasteiger partial charge is 0.308 e. The molecule has 0 amide bonds. The van der Waals surface area contributed by atoms with Crippen LogP contribution in [0.5, 0.6) is 0 Å². The van der Waals surface area contributed by atoms with E-state index in [1.165, 1.54) is 7.11 Å². The Balaban J connectivity index is 3.90. The van der Waals surface area contributed by atoms with E-state index >= 15 is 0 Å². The fourth-order valence-electron chi connectivity index (χ4n) is 1.25. The van der Waals surface area contributed by atoms with E-state index in [2.05, 4.69) is 13.8 Å². The van der Waals surface area contributed by atoms with Gasteiger partial charge in [-0.3, -0.25) is 4.79 Å². The summed E-state index contributed by atoms with van der Waals surface area (Å²) in [6.07, 6.45) is 2.98. The van der Waals surface area contributed by atoms with Gasteiger partial charge in [0, 0.05) is 0 Å². The minimum Gasteiger partial charge on any atom is -0.469 e. The molecule has 72 valence electrons. The van der Waals surface area contributed by atoms with Crippen LogP contribution < -0.4 is 0 Å². The minimum absolute atomic E-state index is 0.0576. The summed E-state index contributed by atoms with van der Waals surface area (Å²) in [5.74, 6) is 0.664. The zero-order valence-electron chi connectivity index (χ0n) is 8.59. The van der Waals surface area contributed by atoms with E-state index in [4.69, 9.17) is 4.74 Å². The number of ether oxygens (including phenoxy) is 1. The van der Waals surface area contributed by atoms with Crippen molar-refractivity contribution in [2.45, 2.75) is 40.0 Å². The van der Waals surface area contributed by atoms with Gasteiger partial charge in [0.2, 0.25) is 0 Å².